The lowest BCUT2D eigenvalue weighted by Crippen LogP contribution is -2.34. The number of hydrogen-bond donors (Lipinski definition) is 3. The van der Waals surface area contributed by atoms with Crippen molar-refractivity contribution in [2.24, 2.45) is 0 Å². The molecule has 8 heteroatoms. The third-order valence-electron chi connectivity index (χ3n) is 4.83. The summed E-state index contributed by atoms with van der Waals surface area (Å²) in [5.41, 5.74) is 9.33. The molecule has 0 spiro atoms. The van der Waals surface area contributed by atoms with Crippen molar-refractivity contribution in [1.82, 2.24) is 20.1 Å². The van der Waals surface area contributed by atoms with E-state index in [-0.39, 0.29) is 6.04 Å². The summed E-state index contributed by atoms with van der Waals surface area (Å²) in [5.74, 6) is 1.25. The lowest BCUT2D eigenvalue weighted by Gasteiger charge is -2.22. The quantitative estimate of drug-likeness (QED) is 0.602. The van der Waals surface area contributed by atoms with Gasteiger partial charge in [0.15, 0.2) is 11.6 Å². The van der Waals surface area contributed by atoms with Crippen molar-refractivity contribution in [1.29, 1.82) is 0 Å². The van der Waals surface area contributed by atoms with Gasteiger partial charge >= 0.3 is 6.09 Å². The van der Waals surface area contributed by atoms with Crippen molar-refractivity contribution in [3.8, 4) is 5.82 Å². The van der Waals surface area contributed by atoms with E-state index < -0.39 is 11.7 Å². The molecule has 2 heterocycles. The first-order chi connectivity index (χ1) is 14.3. The SMILES string of the molecule is CC(C)(C)OC(=O)NC1CCc2cc(Nc3nc(-n4cccn4)ccc3N)ccc21. The Balaban J connectivity index is 1.49. The normalized spacial score (nSPS) is 15.5. The fourth-order valence-electron chi connectivity index (χ4n) is 3.52. The number of alkyl carbamates (subject to hydrolysis) is 1. The second kappa shape index (κ2) is 7.70. The fourth-order valence-corrected chi connectivity index (χ4v) is 3.52. The number of nitrogens with one attached hydrogen (secondary N) is 2. The molecule has 1 unspecified atom stereocenters. The molecule has 0 fully saturated rings. The zero-order valence-corrected chi connectivity index (χ0v) is 17.3. The average molecular weight is 406 g/mol. The fraction of sp³-hybridized carbons (Fsp3) is 0.318. The Labute approximate surface area is 175 Å². The van der Waals surface area contributed by atoms with Gasteiger partial charge in [-0.05, 0) is 75.1 Å². The maximum atomic E-state index is 12.1. The van der Waals surface area contributed by atoms with Gasteiger partial charge in [0.25, 0.3) is 0 Å². The van der Waals surface area contributed by atoms with Gasteiger partial charge in [0, 0.05) is 18.1 Å². The topological polar surface area (TPSA) is 107 Å². The minimum absolute atomic E-state index is 0.0461. The number of rotatable bonds is 4. The summed E-state index contributed by atoms with van der Waals surface area (Å²) >= 11 is 0. The average Bonchev–Trinajstić information content (AvgIpc) is 3.32. The van der Waals surface area contributed by atoms with Crippen LogP contribution < -0.4 is 16.4 Å². The summed E-state index contributed by atoms with van der Waals surface area (Å²) in [4.78, 5) is 16.7. The molecule has 1 atom stereocenters. The van der Waals surface area contributed by atoms with E-state index in [0.717, 1.165) is 24.1 Å². The predicted molar refractivity (Wildman–Crippen MR) is 116 cm³/mol. The van der Waals surface area contributed by atoms with Gasteiger partial charge < -0.3 is 21.1 Å². The molecule has 0 aliphatic heterocycles. The molecule has 1 aromatic carbocycles. The van der Waals surface area contributed by atoms with Gasteiger partial charge in [-0.15, -0.1) is 0 Å². The Morgan fingerprint density at radius 2 is 2.10 bits per heavy atom. The molecule has 0 saturated heterocycles. The van der Waals surface area contributed by atoms with Gasteiger partial charge in [-0.3, -0.25) is 0 Å². The molecule has 0 radical (unpaired) electrons. The third kappa shape index (κ3) is 4.37. The van der Waals surface area contributed by atoms with Crippen LogP contribution in [-0.2, 0) is 11.2 Å². The smallest absolute Gasteiger partial charge is 0.408 e. The number of benzene rings is 1. The molecule has 4 rings (SSSR count). The highest BCUT2D eigenvalue weighted by molar-refractivity contribution is 5.71. The predicted octanol–water partition coefficient (Wildman–Crippen LogP) is 4.11. The largest absolute Gasteiger partial charge is 0.444 e. The number of nitrogens with two attached hydrogens (primary N) is 1. The van der Waals surface area contributed by atoms with Crippen LogP contribution in [0.5, 0.6) is 0 Å². The van der Waals surface area contributed by atoms with Crippen molar-refractivity contribution in [2.75, 3.05) is 11.1 Å². The van der Waals surface area contributed by atoms with Crippen LogP contribution in [0.2, 0.25) is 0 Å². The highest BCUT2D eigenvalue weighted by atomic mass is 16.6. The Morgan fingerprint density at radius 1 is 1.27 bits per heavy atom. The van der Waals surface area contributed by atoms with Gasteiger partial charge in [0.2, 0.25) is 0 Å². The highest BCUT2D eigenvalue weighted by Gasteiger charge is 2.26. The number of aromatic nitrogens is 3. The van der Waals surface area contributed by atoms with Gasteiger partial charge in [-0.25, -0.2) is 14.5 Å². The van der Waals surface area contributed by atoms with Crippen LogP contribution in [0.3, 0.4) is 0 Å². The van der Waals surface area contributed by atoms with Gasteiger partial charge in [-0.2, -0.15) is 5.10 Å². The maximum Gasteiger partial charge on any atom is 0.408 e. The van der Waals surface area contributed by atoms with Crippen molar-refractivity contribution in [2.45, 2.75) is 45.3 Å². The van der Waals surface area contributed by atoms with Crippen LogP contribution in [0.15, 0.2) is 48.8 Å². The zero-order valence-electron chi connectivity index (χ0n) is 17.3. The van der Waals surface area contributed by atoms with E-state index in [1.54, 1.807) is 16.9 Å². The number of anilines is 3. The van der Waals surface area contributed by atoms with Crippen LogP contribution in [0, 0.1) is 0 Å². The van der Waals surface area contributed by atoms with Gasteiger partial charge in [0.1, 0.15) is 5.60 Å². The monoisotopic (exact) mass is 406 g/mol. The molecule has 1 aliphatic carbocycles. The molecule has 30 heavy (non-hydrogen) atoms. The van der Waals surface area contributed by atoms with E-state index in [4.69, 9.17) is 10.5 Å². The van der Waals surface area contributed by atoms with E-state index in [2.05, 4.69) is 26.8 Å². The summed E-state index contributed by atoms with van der Waals surface area (Å²) in [6, 6.07) is 11.5. The number of hydrogen-bond acceptors (Lipinski definition) is 6. The van der Waals surface area contributed by atoms with E-state index >= 15 is 0 Å². The van der Waals surface area contributed by atoms with Crippen molar-refractivity contribution < 1.29 is 9.53 Å². The Hall–Kier alpha value is -3.55. The molecular formula is C22H26N6O2. The molecule has 1 aliphatic rings. The number of amides is 1. The molecule has 2 aromatic heterocycles. The molecular weight excluding hydrogens is 380 g/mol. The first kappa shape index (κ1) is 19.8. The van der Waals surface area contributed by atoms with E-state index in [1.807, 2.05) is 51.2 Å². The third-order valence-corrected chi connectivity index (χ3v) is 4.83. The van der Waals surface area contributed by atoms with Crippen LogP contribution in [-0.4, -0.2) is 26.5 Å². The zero-order chi connectivity index (χ0) is 21.3. The van der Waals surface area contributed by atoms with E-state index in [9.17, 15) is 4.79 Å². The molecule has 156 valence electrons. The molecule has 1 amide bonds. The summed E-state index contributed by atoms with van der Waals surface area (Å²) in [7, 11) is 0. The molecule has 4 N–H and O–H groups in total. The van der Waals surface area contributed by atoms with Crippen LogP contribution in [0.25, 0.3) is 5.82 Å². The van der Waals surface area contributed by atoms with Crippen LogP contribution in [0.1, 0.15) is 44.4 Å². The lowest BCUT2D eigenvalue weighted by atomic mass is 10.1. The van der Waals surface area contributed by atoms with E-state index in [1.165, 1.54) is 5.56 Å². The second-order valence-corrected chi connectivity index (χ2v) is 8.33. The Morgan fingerprint density at radius 3 is 2.83 bits per heavy atom. The molecule has 8 nitrogen and oxygen atoms in total. The first-order valence-electron chi connectivity index (χ1n) is 9.94. The Bertz CT molecular complexity index is 1060. The van der Waals surface area contributed by atoms with Crippen molar-refractivity contribution >= 4 is 23.3 Å². The van der Waals surface area contributed by atoms with E-state index in [0.29, 0.717) is 17.3 Å². The summed E-state index contributed by atoms with van der Waals surface area (Å²) < 4.78 is 7.06. The summed E-state index contributed by atoms with van der Waals surface area (Å²) in [6.45, 7) is 5.57. The second-order valence-electron chi connectivity index (χ2n) is 8.33. The number of nitrogen functional groups attached to an aromatic ring is 1. The van der Waals surface area contributed by atoms with Gasteiger partial charge in [-0.1, -0.05) is 6.07 Å². The summed E-state index contributed by atoms with van der Waals surface area (Å²) in [6.07, 6.45) is 4.85. The number of carbonyl (C=O) groups is 1. The van der Waals surface area contributed by atoms with Crippen LogP contribution >= 0.6 is 0 Å². The molecule has 3 aromatic rings. The minimum atomic E-state index is -0.517. The van der Waals surface area contributed by atoms with Crippen LogP contribution in [0.4, 0.5) is 22.0 Å². The lowest BCUT2D eigenvalue weighted by molar-refractivity contribution is 0.0503. The summed E-state index contributed by atoms with van der Waals surface area (Å²) in [5, 5.41) is 10.5. The Kier molecular flexibility index (Phi) is 5.07. The molecule has 0 saturated carbocycles. The maximum absolute atomic E-state index is 12.1. The minimum Gasteiger partial charge on any atom is -0.444 e. The number of fused-ring (bicyclic) bond motifs is 1. The standard InChI is InChI=1S/C22H26N6O2/c1-22(2,3)30-21(29)26-18-9-5-14-13-15(6-7-16(14)18)25-20-17(23)8-10-19(27-20)28-12-4-11-24-28/h4,6-8,10-13,18H,5,9,23H2,1-3H3,(H,25,27)(H,26,29). The number of aryl methyl sites for hydroxylation is 1. The number of carbonyl (C=O) groups excluding carboxylic acids is 1. The van der Waals surface area contributed by atoms with Crippen molar-refractivity contribution in [3.05, 3.63) is 59.9 Å². The number of ether oxygens (including phenoxy) is 1. The number of pyridine rings is 1. The highest BCUT2D eigenvalue weighted by Crippen LogP contribution is 2.34. The van der Waals surface area contributed by atoms with Gasteiger partial charge in [0.05, 0.1) is 11.7 Å². The molecule has 0 bridgehead atoms. The van der Waals surface area contributed by atoms with Crippen molar-refractivity contribution in [3.63, 3.8) is 0 Å². The first-order valence-corrected chi connectivity index (χ1v) is 9.94. The number of nitrogens with zero attached hydrogens (tertiary/aromatic N) is 3.